The lowest BCUT2D eigenvalue weighted by atomic mass is 10.1. The van der Waals surface area contributed by atoms with Gasteiger partial charge in [-0.1, -0.05) is 18.2 Å². The topological polar surface area (TPSA) is 53.7 Å². The summed E-state index contributed by atoms with van der Waals surface area (Å²) in [6.07, 6.45) is 1.76. The third kappa shape index (κ3) is 3.18. The molecule has 2 aromatic heterocycles. The Balaban J connectivity index is 1.73. The normalized spacial score (nSPS) is 11.3. The van der Waals surface area contributed by atoms with Crippen molar-refractivity contribution >= 4 is 45.5 Å². The van der Waals surface area contributed by atoms with Crippen molar-refractivity contribution in [3.05, 3.63) is 51.8 Å². The average Bonchev–Trinajstić information content (AvgIpc) is 3.03. The Morgan fingerprint density at radius 3 is 2.67 bits per heavy atom. The number of thiocarbonyl (C=S) groups is 1. The Morgan fingerprint density at radius 2 is 1.96 bits per heavy atom. The van der Waals surface area contributed by atoms with Gasteiger partial charge in [-0.05, 0) is 51.0 Å². The van der Waals surface area contributed by atoms with E-state index in [2.05, 4.69) is 37.5 Å². The summed E-state index contributed by atoms with van der Waals surface area (Å²) >= 11 is 6.96. The highest BCUT2D eigenvalue weighted by Gasteiger charge is 2.10. The van der Waals surface area contributed by atoms with Crippen LogP contribution in [-0.4, -0.2) is 20.7 Å². The molecule has 3 rings (SSSR count). The van der Waals surface area contributed by atoms with Crippen molar-refractivity contribution in [2.75, 3.05) is 5.32 Å². The highest BCUT2D eigenvalue weighted by molar-refractivity contribution is 7.80. The van der Waals surface area contributed by atoms with Crippen molar-refractivity contribution in [2.45, 2.75) is 27.7 Å². The predicted octanol–water partition coefficient (Wildman–Crippen LogP) is 3.95. The van der Waals surface area contributed by atoms with Crippen LogP contribution in [0.25, 0.3) is 4.96 Å². The van der Waals surface area contributed by atoms with E-state index in [1.165, 1.54) is 0 Å². The van der Waals surface area contributed by atoms with Gasteiger partial charge in [0.25, 0.3) is 0 Å². The molecule has 0 saturated carbocycles. The van der Waals surface area contributed by atoms with E-state index in [1.54, 1.807) is 17.6 Å². The van der Waals surface area contributed by atoms with Crippen LogP contribution >= 0.6 is 23.6 Å². The standard InChI is InChI=1S/C17H19N5S2/c1-10-6-5-7-11(2)15(10)20-16(23)21-18-8-14-13(4)19-17-22(14)12(3)9-24-17/h5-9H,1-4H3,(H2,20,21,23). The summed E-state index contributed by atoms with van der Waals surface area (Å²) in [5.74, 6) is 0. The van der Waals surface area contributed by atoms with Crippen LogP contribution in [0.5, 0.6) is 0 Å². The number of hydrazone groups is 1. The minimum Gasteiger partial charge on any atom is -0.331 e. The van der Waals surface area contributed by atoms with E-state index in [1.807, 2.05) is 39.0 Å². The summed E-state index contributed by atoms with van der Waals surface area (Å²) in [6.45, 7) is 8.14. The molecule has 0 aliphatic carbocycles. The number of thiazole rings is 1. The second kappa shape index (κ2) is 6.70. The van der Waals surface area contributed by atoms with Crippen LogP contribution in [0.3, 0.4) is 0 Å². The summed E-state index contributed by atoms with van der Waals surface area (Å²) in [5.41, 5.74) is 9.24. The molecule has 0 unspecified atom stereocenters. The first-order valence-electron chi connectivity index (χ1n) is 7.57. The summed E-state index contributed by atoms with van der Waals surface area (Å²) in [5, 5.41) is 10.0. The van der Waals surface area contributed by atoms with Gasteiger partial charge >= 0.3 is 0 Å². The molecule has 3 aromatic rings. The largest absolute Gasteiger partial charge is 0.331 e. The third-order valence-corrected chi connectivity index (χ3v) is 4.96. The van der Waals surface area contributed by atoms with E-state index in [0.29, 0.717) is 5.11 Å². The number of hydrogen-bond acceptors (Lipinski definition) is 4. The van der Waals surface area contributed by atoms with Gasteiger partial charge in [-0.3, -0.25) is 9.83 Å². The fourth-order valence-electron chi connectivity index (χ4n) is 2.58. The number of anilines is 1. The van der Waals surface area contributed by atoms with E-state index < -0.39 is 0 Å². The predicted molar refractivity (Wildman–Crippen MR) is 105 cm³/mol. The molecular weight excluding hydrogens is 338 g/mol. The minimum atomic E-state index is 0.462. The molecule has 0 fully saturated rings. The minimum absolute atomic E-state index is 0.462. The van der Waals surface area contributed by atoms with Crippen molar-refractivity contribution < 1.29 is 0 Å². The molecule has 0 spiro atoms. The molecule has 1 aromatic carbocycles. The zero-order valence-electron chi connectivity index (χ0n) is 14.0. The molecule has 0 aliphatic rings. The molecule has 124 valence electrons. The average molecular weight is 358 g/mol. The molecule has 0 amide bonds. The second-order valence-electron chi connectivity index (χ2n) is 5.67. The van der Waals surface area contributed by atoms with E-state index >= 15 is 0 Å². The zero-order chi connectivity index (χ0) is 17.3. The molecule has 24 heavy (non-hydrogen) atoms. The number of para-hydroxylation sites is 1. The number of nitrogens with one attached hydrogen (secondary N) is 2. The molecule has 2 N–H and O–H groups in total. The maximum absolute atomic E-state index is 5.33. The van der Waals surface area contributed by atoms with E-state index in [-0.39, 0.29) is 0 Å². The quantitative estimate of drug-likeness (QED) is 0.423. The Bertz CT molecular complexity index is 916. The van der Waals surface area contributed by atoms with Crippen LogP contribution in [0.2, 0.25) is 0 Å². The van der Waals surface area contributed by atoms with Gasteiger partial charge < -0.3 is 5.32 Å². The molecule has 2 heterocycles. The fourth-order valence-corrected chi connectivity index (χ4v) is 3.66. The summed E-state index contributed by atoms with van der Waals surface area (Å²) < 4.78 is 2.09. The lowest BCUT2D eigenvalue weighted by Gasteiger charge is -2.12. The molecule has 7 heteroatoms. The molecule has 5 nitrogen and oxygen atoms in total. The van der Waals surface area contributed by atoms with Crippen molar-refractivity contribution in [3.8, 4) is 0 Å². The number of imidazole rings is 1. The van der Waals surface area contributed by atoms with Crippen molar-refractivity contribution in [2.24, 2.45) is 5.10 Å². The Labute approximate surface area is 150 Å². The Morgan fingerprint density at radius 1 is 1.25 bits per heavy atom. The van der Waals surface area contributed by atoms with Gasteiger partial charge in [0.05, 0.1) is 17.6 Å². The molecule has 0 bridgehead atoms. The lowest BCUT2D eigenvalue weighted by Crippen LogP contribution is -2.24. The SMILES string of the molecule is Cc1cccc(C)c1NC(=S)NN=Cc1c(C)nc2scc(C)n12. The maximum Gasteiger partial charge on any atom is 0.194 e. The highest BCUT2D eigenvalue weighted by atomic mass is 32.1. The first-order valence-corrected chi connectivity index (χ1v) is 8.85. The lowest BCUT2D eigenvalue weighted by molar-refractivity contribution is 1.04. The van der Waals surface area contributed by atoms with Crippen LogP contribution in [-0.2, 0) is 0 Å². The number of aryl methyl sites for hydroxylation is 4. The smallest absolute Gasteiger partial charge is 0.194 e. The van der Waals surface area contributed by atoms with Gasteiger partial charge in [-0.25, -0.2) is 4.98 Å². The van der Waals surface area contributed by atoms with Crippen molar-refractivity contribution in [1.29, 1.82) is 0 Å². The van der Waals surface area contributed by atoms with Crippen LogP contribution in [0.1, 0.15) is 28.2 Å². The molecular formula is C17H19N5S2. The second-order valence-corrected chi connectivity index (χ2v) is 6.91. The molecule has 0 radical (unpaired) electrons. The summed E-state index contributed by atoms with van der Waals surface area (Å²) in [7, 11) is 0. The number of aromatic nitrogens is 2. The number of nitrogens with zero attached hydrogens (tertiary/aromatic N) is 3. The van der Waals surface area contributed by atoms with Gasteiger partial charge in [0.2, 0.25) is 0 Å². The van der Waals surface area contributed by atoms with Gasteiger partial charge in [0.1, 0.15) is 0 Å². The Kier molecular flexibility index (Phi) is 4.64. The number of rotatable bonds is 3. The van der Waals surface area contributed by atoms with E-state index in [0.717, 1.165) is 38.9 Å². The number of benzene rings is 1. The van der Waals surface area contributed by atoms with Crippen LogP contribution in [0.4, 0.5) is 5.69 Å². The number of hydrogen-bond donors (Lipinski definition) is 2. The van der Waals surface area contributed by atoms with Crippen LogP contribution in [0, 0.1) is 27.7 Å². The summed E-state index contributed by atoms with van der Waals surface area (Å²) in [6, 6.07) is 6.13. The fraction of sp³-hybridized carbons (Fsp3) is 0.235. The van der Waals surface area contributed by atoms with Gasteiger partial charge in [0, 0.05) is 16.8 Å². The van der Waals surface area contributed by atoms with Crippen LogP contribution < -0.4 is 10.7 Å². The third-order valence-electron chi connectivity index (χ3n) is 3.83. The Hall–Kier alpha value is -2.25. The van der Waals surface area contributed by atoms with Gasteiger partial charge in [-0.2, -0.15) is 5.10 Å². The zero-order valence-corrected chi connectivity index (χ0v) is 15.7. The number of fused-ring (bicyclic) bond motifs is 1. The maximum atomic E-state index is 5.33. The highest BCUT2D eigenvalue weighted by Crippen LogP contribution is 2.20. The van der Waals surface area contributed by atoms with E-state index in [9.17, 15) is 0 Å². The van der Waals surface area contributed by atoms with E-state index in [4.69, 9.17) is 12.2 Å². The van der Waals surface area contributed by atoms with Crippen molar-refractivity contribution in [1.82, 2.24) is 14.8 Å². The molecule has 0 atom stereocenters. The van der Waals surface area contributed by atoms with Crippen LogP contribution in [0.15, 0.2) is 28.7 Å². The van der Waals surface area contributed by atoms with Gasteiger partial charge in [-0.15, -0.1) is 11.3 Å². The van der Waals surface area contributed by atoms with Crippen molar-refractivity contribution in [3.63, 3.8) is 0 Å². The molecule has 0 aliphatic heterocycles. The first kappa shape index (κ1) is 16.6. The molecule has 0 saturated heterocycles. The monoisotopic (exact) mass is 357 g/mol. The summed E-state index contributed by atoms with van der Waals surface area (Å²) in [4.78, 5) is 5.51. The first-order chi connectivity index (χ1) is 11.5. The van der Waals surface area contributed by atoms with Gasteiger partial charge in [0.15, 0.2) is 10.1 Å².